The van der Waals surface area contributed by atoms with Gasteiger partial charge in [0.1, 0.15) is 30.1 Å². The van der Waals surface area contributed by atoms with Gasteiger partial charge in [-0.1, -0.05) is 58.0 Å². The maximum absolute atomic E-state index is 13.8. The van der Waals surface area contributed by atoms with E-state index in [0.717, 1.165) is 17.7 Å². The molecule has 4 rings (SSSR count). The highest BCUT2D eigenvalue weighted by Gasteiger charge is 2.32. The van der Waals surface area contributed by atoms with E-state index in [1.165, 1.54) is 10.9 Å². The van der Waals surface area contributed by atoms with Gasteiger partial charge in [0, 0.05) is 20.0 Å². The average molecular weight is 606 g/mol. The Bertz CT molecular complexity index is 1450. The summed E-state index contributed by atoms with van der Waals surface area (Å²) in [6.45, 7) is 8.30. The third-order valence-corrected chi connectivity index (χ3v) is 7.51. The summed E-state index contributed by atoms with van der Waals surface area (Å²) in [7, 11) is 1.70. The number of nitrogens with zero attached hydrogens (tertiary/aromatic N) is 3. The average Bonchev–Trinajstić information content (AvgIpc) is 3.60. The molecule has 4 N–H and O–H groups in total. The summed E-state index contributed by atoms with van der Waals surface area (Å²) in [5.74, 6) is -1.30. The summed E-state index contributed by atoms with van der Waals surface area (Å²) in [5.41, 5.74) is 2.12. The van der Waals surface area contributed by atoms with Gasteiger partial charge in [-0.2, -0.15) is 5.10 Å². The summed E-state index contributed by atoms with van der Waals surface area (Å²) in [6, 6.07) is 8.59. The molecule has 0 unspecified atom stereocenters. The van der Waals surface area contributed by atoms with Gasteiger partial charge in [0.05, 0.1) is 5.69 Å². The van der Waals surface area contributed by atoms with E-state index in [2.05, 4.69) is 45.2 Å². The first-order chi connectivity index (χ1) is 21.0. The third kappa shape index (κ3) is 8.55. The first-order valence-corrected chi connectivity index (χ1v) is 15.2. The van der Waals surface area contributed by atoms with Gasteiger partial charge in [-0.3, -0.25) is 23.9 Å². The minimum Gasteiger partial charge on any atom is -0.446 e. The molecule has 1 aromatic carbocycles. The van der Waals surface area contributed by atoms with Crippen molar-refractivity contribution in [1.82, 2.24) is 36.0 Å². The molecule has 0 aliphatic carbocycles. The van der Waals surface area contributed by atoms with Crippen LogP contribution in [0.5, 0.6) is 0 Å². The van der Waals surface area contributed by atoms with Crippen LogP contribution < -0.4 is 21.3 Å². The van der Waals surface area contributed by atoms with Gasteiger partial charge >= 0.3 is 0 Å². The number of hydrogen-bond acceptors (Lipinski definition) is 7. The molecule has 12 nitrogen and oxygen atoms in total. The Morgan fingerprint density at radius 2 is 1.82 bits per heavy atom. The quantitative estimate of drug-likeness (QED) is 0.322. The van der Waals surface area contributed by atoms with Crippen molar-refractivity contribution >= 4 is 23.6 Å². The lowest BCUT2D eigenvalue weighted by Gasteiger charge is -2.26. The molecule has 3 aromatic rings. The largest absolute Gasteiger partial charge is 0.446 e. The second-order valence-corrected chi connectivity index (χ2v) is 12.1. The molecular weight excluding hydrogens is 562 g/mol. The molecule has 1 aliphatic rings. The van der Waals surface area contributed by atoms with Crippen molar-refractivity contribution in [2.24, 2.45) is 18.9 Å². The smallest absolute Gasteiger partial charge is 0.273 e. The molecule has 236 valence electrons. The molecule has 12 heteroatoms. The van der Waals surface area contributed by atoms with Gasteiger partial charge in [0.25, 0.3) is 11.8 Å². The fourth-order valence-corrected chi connectivity index (χ4v) is 5.16. The highest BCUT2D eigenvalue weighted by Crippen LogP contribution is 2.22. The van der Waals surface area contributed by atoms with Crippen molar-refractivity contribution in [3.05, 3.63) is 71.2 Å². The number of aryl methyl sites for hydroxylation is 1. The van der Waals surface area contributed by atoms with Gasteiger partial charge in [-0.15, -0.1) is 0 Å². The molecule has 0 saturated carbocycles. The van der Waals surface area contributed by atoms with Gasteiger partial charge < -0.3 is 25.7 Å². The normalized spacial score (nSPS) is 20.2. The van der Waals surface area contributed by atoms with E-state index in [0.29, 0.717) is 37.4 Å². The number of hydrogen-bond donors (Lipinski definition) is 4. The minimum atomic E-state index is -0.953. The van der Waals surface area contributed by atoms with E-state index in [-0.39, 0.29) is 29.8 Å². The van der Waals surface area contributed by atoms with Crippen LogP contribution in [-0.4, -0.2) is 57.0 Å². The second-order valence-electron chi connectivity index (χ2n) is 12.1. The third-order valence-electron chi connectivity index (χ3n) is 7.51. The maximum Gasteiger partial charge on any atom is 0.273 e. The minimum absolute atomic E-state index is 0.124. The Balaban J connectivity index is 1.62. The molecular formula is C32H43N7O5. The van der Waals surface area contributed by atoms with Crippen LogP contribution in [0, 0.1) is 11.8 Å². The number of oxazole rings is 1. The molecule has 3 atom stereocenters. The summed E-state index contributed by atoms with van der Waals surface area (Å²) in [4.78, 5) is 58.0. The second kappa shape index (κ2) is 14.8. The SMILES string of the molecule is CC(C)Cc1cc(C(=O)N[C@H]2CCCCNC(=O)c3coc(n3)[C@H](C(C)C)NC(=O)[C@H](Cc3ccccc3)NC2=O)n(C)n1. The zero-order chi connectivity index (χ0) is 31.8. The zero-order valence-electron chi connectivity index (χ0n) is 26.1. The van der Waals surface area contributed by atoms with Crippen molar-refractivity contribution < 1.29 is 23.6 Å². The molecule has 44 heavy (non-hydrogen) atoms. The maximum atomic E-state index is 13.8. The monoisotopic (exact) mass is 605 g/mol. The Hall–Kier alpha value is -4.48. The van der Waals surface area contributed by atoms with Crippen LogP contribution in [0.15, 0.2) is 47.1 Å². The molecule has 0 spiro atoms. The van der Waals surface area contributed by atoms with Crippen LogP contribution in [0.25, 0.3) is 0 Å². The first-order valence-electron chi connectivity index (χ1n) is 15.2. The summed E-state index contributed by atoms with van der Waals surface area (Å²) >= 11 is 0. The zero-order valence-corrected chi connectivity index (χ0v) is 26.1. The lowest BCUT2D eigenvalue weighted by Crippen LogP contribution is -2.55. The fraction of sp³-hybridized carbons (Fsp3) is 0.500. The first kappa shape index (κ1) is 32.4. The van der Waals surface area contributed by atoms with Crippen molar-refractivity contribution in [2.45, 2.75) is 77.9 Å². The van der Waals surface area contributed by atoms with Gasteiger partial charge in [-0.25, -0.2) is 4.98 Å². The Morgan fingerprint density at radius 1 is 1.07 bits per heavy atom. The predicted molar refractivity (Wildman–Crippen MR) is 163 cm³/mol. The number of amides is 4. The van der Waals surface area contributed by atoms with Crippen molar-refractivity contribution in [2.75, 3.05) is 6.54 Å². The number of aromatic nitrogens is 3. The topological polar surface area (TPSA) is 160 Å². The Kier molecular flexibility index (Phi) is 10.9. The number of nitrogens with one attached hydrogen (secondary N) is 4. The summed E-state index contributed by atoms with van der Waals surface area (Å²) in [5, 5.41) is 16.0. The number of carbonyl (C=O) groups is 4. The molecule has 3 heterocycles. The molecule has 0 saturated heterocycles. The fourth-order valence-electron chi connectivity index (χ4n) is 5.16. The number of carbonyl (C=O) groups excluding carboxylic acids is 4. The van der Waals surface area contributed by atoms with E-state index in [9.17, 15) is 19.2 Å². The van der Waals surface area contributed by atoms with Crippen LogP contribution in [0.3, 0.4) is 0 Å². The summed E-state index contributed by atoms with van der Waals surface area (Å²) in [6.07, 6.45) is 3.61. The van der Waals surface area contributed by atoms with Crippen LogP contribution in [0.4, 0.5) is 0 Å². The van der Waals surface area contributed by atoms with Crippen molar-refractivity contribution in [3.63, 3.8) is 0 Å². The van der Waals surface area contributed by atoms with Crippen LogP contribution in [0.2, 0.25) is 0 Å². The Morgan fingerprint density at radius 3 is 2.52 bits per heavy atom. The number of rotatable bonds is 7. The van der Waals surface area contributed by atoms with Crippen LogP contribution >= 0.6 is 0 Å². The van der Waals surface area contributed by atoms with Crippen LogP contribution in [0.1, 0.15) is 91.1 Å². The highest BCUT2D eigenvalue weighted by atomic mass is 16.3. The molecule has 4 amide bonds. The molecule has 2 aromatic heterocycles. The van der Waals surface area contributed by atoms with E-state index in [1.807, 2.05) is 44.2 Å². The van der Waals surface area contributed by atoms with Crippen molar-refractivity contribution in [1.29, 1.82) is 0 Å². The molecule has 2 bridgehead atoms. The lowest BCUT2D eigenvalue weighted by atomic mass is 10.0. The molecule has 0 radical (unpaired) electrons. The highest BCUT2D eigenvalue weighted by molar-refractivity contribution is 5.97. The van der Waals surface area contributed by atoms with E-state index >= 15 is 0 Å². The van der Waals surface area contributed by atoms with Crippen molar-refractivity contribution in [3.8, 4) is 0 Å². The predicted octanol–water partition coefficient (Wildman–Crippen LogP) is 2.86. The molecule has 1 aliphatic heterocycles. The summed E-state index contributed by atoms with van der Waals surface area (Å²) < 4.78 is 7.13. The van der Waals surface area contributed by atoms with Gasteiger partial charge in [0.2, 0.25) is 17.7 Å². The molecule has 0 fully saturated rings. The Labute approximate surface area is 257 Å². The van der Waals surface area contributed by atoms with E-state index in [4.69, 9.17) is 4.42 Å². The lowest BCUT2D eigenvalue weighted by molar-refractivity contribution is -0.130. The van der Waals surface area contributed by atoms with Crippen LogP contribution in [-0.2, 0) is 29.5 Å². The van der Waals surface area contributed by atoms with E-state index in [1.54, 1.807) is 13.1 Å². The van der Waals surface area contributed by atoms with Gasteiger partial charge in [0.15, 0.2) is 5.69 Å². The number of benzene rings is 1. The standard InChI is InChI=1S/C32H43N7O5/c1-19(2)15-22-17-26(39(5)38-22)31(43)34-23-13-9-10-14-33-28(40)25-18-44-32(36-25)27(20(3)4)37-30(42)24(35-29(23)41)16-21-11-7-6-8-12-21/h6-8,11-12,17-20,23-24,27H,9-10,13-16H2,1-5H3,(H,33,40)(H,34,43)(H,35,41)(H,37,42)/t23-,24-,27-/m0/s1. The van der Waals surface area contributed by atoms with Gasteiger partial charge in [-0.05, 0) is 49.1 Å². The van der Waals surface area contributed by atoms with E-state index < -0.39 is 35.8 Å². The number of fused-ring (bicyclic) bond motifs is 2.